The summed E-state index contributed by atoms with van der Waals surface area (Å²) in [6.45, 7) is 0. The van der Waals surface area contributed by atoms with Crippen molar-refractivity contribution in [3.63, 3.8) is 0 Å². The van der Waals surface area contributed by atoms with Gasteiger partial charge in [-0.25, -0.2) is 31.7 Å². The van der Waals surface area contributed by atoms with Crippen LogP contribution in [-0.4, -0.2) is 16.1 Å². The summed E-state index contributed by atoms with van der Waals surface area (Å²) >= 11 is 0.503. The predicted molar refractivity (Wildman–Crippen MR) is 54.3 cm³/mol. The van der Waals surface area contributed by atoms with Crippen molar-refractivity contribution in [3.05, 3.63) is 39.5 Å². The molecule has 0 amide bonds. The first kappa shape index (κ1) is 13.4. The maximum atomic E-state index is 13.4. The van der Waals surface area contributed by atoms with Crippen LogP contribution >= 0.6 is 11.3 Å². The van der Waals surface area contributed by atoms with Gasteiger partial charge in [-0.15, -0.1) is 11.3 Å². The Hall–Kier alpha value is -2.03. The van der Waals surface area contributed by atoms with Gasteiger partial charge >= 0.3 is 5.97 Å². The molecule has 0 saturated carbocycles. The number of benzene rings is 1. The van der Waals surface area contributed by atoms with Gasteiger partial charge in [-0.3, -0.25) is 0 Å². The number of rotatable bonds is 2. The van der Waals surface area contributed by atoms with Crippen molar-refractivity contribution in [1.82, 2.24) is 4.98 Å². The Balaban J connectivity index is 2.71. The second-order valence-electron chi connectivity index (χ2n) is 3.29. The highest BCUT2D eigenvalue weighted by Gasteiger charge is 2.28. The van der Waals surface area contributed by atoms with Gasteiger partial charge in [0.05, 0.1) is 11.3 Å². The Morgan fingerprint density at radius 1 is 1.00 bits per heavy atom. The number of hydrogen-bond donors (Lipinski definition) is 1. The lowest BCUT2D eigenvalue weighted by Crippen LogP contribution is -2.04. The van der Waals surface area contributed by atoms with Gasteiger partial charge in [-0.1, -0.05) is 0 Å². The fourth-order valence-electron chi connectivity index (χ4n) is 1.32. The molecule has 0 unspecified atom stereocenters. The van der Waals surface area contributed by atoms with Crippen molar-refractivity contribution in [2.75, 3.05) is 0 Å². The molecule has 19 heavy (non-hydrogen) atoms. The summed E-state index contributed by atoms with van der Waals surface area (Å²) < 4.78 is 65.5. The Labute approximate surface area is 105 Å². The standard InChI is InChI=1S/C10H2F5NO2S/c11-4-3(2-1-19-9(16-2)10(17)18)5(12)7(14)8(15)6(4)13/h1H,(H,17,18). The molecule has 9 heteroatoms. The third-order valence-electron chi connectivity index (χ3n) is 2.15. The van der Waals surface area contributed by atoms with Crippen molar-refractivity contribution < 1.29 is 31.9 Å². The third-order valence-corrected chi connectivity index (χ3v) is 2.98. The van der Waals surface area contributed by atoms with Gasteiger partial charge in [-0.05, 0) is 0 Å². The molecule has 1 aromatic carbocycles. The van der Waals surface area contributed by atoms with E-state index < -0.39 is 51.3 Å². The number of carboxylic acid groups (broad SMARTS) is 1. The summed E-state index contributed by atoms with van der Waals surface area (Å²) in [7, 11) is 0. The van der Waals surface area contributed by atoms with Gasteiger partial charge in [0.1, 0.15) is 0 Å². The van der Waals surface area contributed by atoms with Crippen LogP contribution in [0.3, 0.4) is 0 Å². The van der Waals surface area contributed by atoms with Gasteiger partial charge in [0.15, 0.2) is 23.3 Å². The van der Waals surface area contributed by atoms with Crippen LogP contribution in [0.5, 0.6) is 0 Å². The molecule has 0 saturated heterocycles. The number of nitrogens with zero attached hydrogens (tertiary/aromatic N) is 1. The largest absolute Gasteiger partial charge is 0.476 e. The first-order valence-electron chi connectivity index (χ1n) is 4.55. The van der Waals surface area contributed by atoms with Crippen molar-refractivity contribution in [1.29, 1.82) is 0 Å². The van der Waals surface area contributed by atoms with Crippen LogP contribution in [0.15, 0.2) is 5.38 Å². The molecule has 0 radical (unpaired) electrons. The smallest absolute Gasteiger partial charge is 0.365 e. The molecule has 3 nitrogen and oxygen atoms in total. The zero-order chi connectivity index (χ0) is 14.3. The maximum Gasteiger partial charge on any atom is 0.365 e. The second kappa shape index (κ2) is 4.57. The quantitative estimate of drug-likeness (QED) is 0.526. The molecule has 100 valence electrons. The van der Waals surface area contributed by atoms with E-state index in [1.807, 2.05) is 0 Å². The number of halogens is 5. The number of carboxylic acids is 1. The predicted octanol–water partition coefficient (Wildman–Crippen LogP) is 3.20. The van der Waals surface area contributed by atoms with Gasteiger partial charge in [-0.2, -0.15) is 0 Å². The molecule has 0 aliphatic heterocycles. The highest BCUT2D eigenvalue weighted by Crippen LogP contribution is 2.32. The molecule has 2 aromatic rings. The average Bonchev–Trinajstić information content (AvgIpc) is 2.84. The van der Waals surface area contributed by atoms with Crippen LogP contribution in [0, 0.1) is 29.1 Å². The van der Waals surface area contributed by atoms with Crippen LogP contribution in [-0.2, 0) is 0 Å². The monoisotopic (exact) mass is 295 g/mol. The first-order valence-corrected chi connectivity index (χ1v) is 5.43. The zero-order valence-corrected chi connectivity index (χ0v) is 9.49. The van der Waals surface area contributed by atoms with Crippen LogP contribution in [0.25, 0.3) is 11.3 Å². The lowest BCUT2D eigenvalue weighted by Gasteiger charge is -2.05. The van der Waals surface area contributed by atoms with E-state index >= 15 is 0 Å². The van der Waals surface area contributed by atoms with Crippen LogP contribution in [0.4, 0.5) is 22.0 Å². The van der Waals surface area contributed by atoms with E-state index in [0.717, 1.165) is 5.38 Å². The molecule has 1 aromatic heterocycles. The molecule has 0 fully saturated rings. The number of carbonyl (C=O) groups is 1. The molecule has 0 bridgehead atoms. The highest BCUT2D eigenvalue weighted by molar-refractivity contribution is 7.11. The summed E-state index contributed by atoms with van der Waals surface area (Å²) in [6, 6.07) is 0. The van der Waals surface area contributed by atoms with Crippen molar-refractivity contribution in [3.8, 4) is 11.3 Å². The lowest BCUT2D eigenvalue weighted by atomic mass is 10.1. The number of hydrogen-bond acceptors (Lipinski definition) is 3. The van der Waals surface area contributed by atoms with E-state index in [0.29, 0.717) is 11.3 Å². The molecule has 0 atom stereocenters. The van der Waals surface area contributed by atoms with E-state index in [-0.39, 0.29) is 0 Å². The van der Waals surface area contributed by atoms with E-state index in [1.165, 1.54) is 0 Å². The molecule has 0 spiro atoms. The second-order valence-corrected chi connectivity index (χ2v) is 4.15. The summed E-state index contributed by atoms with van der Waals surface area (Å²) in [5, 5.41) is 8.95. The first-order chi connectivity index (χ1) is 8.84. The van der Waals surface area contributed by atoms with Crippen LogP contribution in [0.1, 0.15) is 9.80 Å². The summed E-state index contributed by atoms with van der Waals surface area (Å²) in [5.41, 5.74) is -1.88. The van der Waals surface area contributed by atoms with E-state index in [9.17, 15) is 26.7 Å². The topological polar surface area (TPSA) is 50.2 Å². The summed E-state index contributed by atoms with van der Waals surface area (Å²) in [4.78, 5) is 13.9. The fourth-order valence-corrected chi connectivity index (χ4v) is 1.96. The molecular formula is C10H2F5NO2S. The van der Waals surface area contributed by atoms with Crippen molar-refractivity contribution in [2.24, 2.45) is 0 Å². The molecule has 2 rings (SSSR count). The van der Waals surface area contributed by atoms with Gasteiger partial charge < -0.3 is 5.11 Å². The Morgan fingerprint density at radius 3 is 1.89 bits per heavy atom. The highest BCUT2D eigenvalue weighted by atomic mass is 32.1. The fraction of sp³-hybridized carbons (Fsp3) is 0. The zero-order valence-electron chi connectivity index (χ0n) is 8.68. The Bertz CT molecular complexity index is 656. The van der Waals surface area contributed by atoms with Crippen LogP contribution < -0.4 is 0 Å². The van der Waals surface area contributed by atoms with Gasteiger partial charge in [0.2, 0.25) is 10.8 Å². The Kier molecular flexibility index (Phi) is 3.23. The number of aromatic nitrogens is 1. The maximum absolute atomic E-state index is 13.4. The molecule has 1 N–H and O–H groups in total. The van der Waals surface area contributed by atoms with Crippen molar-refractivity contribution >= 4 is 17.3 Å². The average molecular weight is 295 g/mol. The van der Waals surface area contributed by atoms with Crippen molar-refractivity contribution in [2.45, 2.75) is 0 Å². The summed E-state index contributed by atoms with van der Waals surface area (Å²) in [5.74, 6) is -12.1. The van der Waals surface area contributed by atoms with E-state index in [2.05, 4.69) is 4.98 Å². The Morgan fingerprint density at radius 2 is 1.47 bits per heavy atom. The third kappa shape index (κ3) is 2.05. The SMILES string of the molecule is O=C(O)c1nc(-c2c(F)c(F)c(F)c(F)c2F)cs1. The van der Waals surface area contributed by atoms with Gasteiger partial charge in [0, 0.05) is 5.38 Å². The summed E-state index contributed by atoms with van der Waals surface area (Å²) in [6.07, 6.45) is 0. The molecular weight excluding hydrogens is 293 g/mol. The molecule has 0 aliphatic rings. The van der Waals surface area contributed by atoms with Crippen LogP contribution in [0.2, 0.25) is 0 Å². The molecule has 1 heterocycles. The minimum Gasteiger partial charge on any atom is -0.476 e. The van der Waals surface area contributed by atoms with E-state index in [1.54, 1.807) is 0 Å². The minimum atomic E-state index is -2.28. The number of aromatic carboxylic acids is 1. The van der Waals surface area contributed by atoms with Gasteiger partial charge in [0.25, 0.3) is 0 Å². The molecule has 0 aliphatic carbocycles. The minimum absolute atomic E-state index is 0.503. The number of thiazole rings is 1. The lowest BCUT2D eigenvalue weighted by molar-refractivity contribution is 0.0696. The normalized spacial score (nSPS) is 10.8. The van der Waals surface area contributed by atoms with E-state index in [4.69, 9.17) is 5.11 Å².